The Labute approximate surface area is 115 Å². The third-order valence-electron chi connectivity index (χ3n) is 2.90. The maximum atomic E-state index is 11.9. The van der Waals surface area contributed by atoms with E-state index in [2.05, 4.69) is 5.32 Å². The third-order valence-corrected chi connectivity index (χ3v) is 4.73. The smallest absolute Gasteiger partial charge is 0.242 e. The monoisotopic (exact) mass is 286 g/mol. The van der Waals surface area contributed by atoms with Gasteiger partial charge < -0.3 is 10.1 Å². The summed E-state index contributed by atoms with van der Waals surface area (Å²) < 4.78 is 30.3. The molecule has 0 radical (unpaired) electrons. The molecular weight excluding hydrogens is 264 g/mol. The van der Waals surface area contributed by atoms with Crippen LogP contribution in [0.2, 0.25) is 0 Å². The first-order valence-electron chi connectivity index (χ1n) is 6.01. The number of anilines is 1. The van der Waals surface area contributed by atoms with Crippen LogP contribution in [0.4, 0.5) is 5.69 Å². The molecule has 0 bridgehead atoms. The zero-order valence-electron chi connectivity index (χ0n) is 12.1. The van der Waals surface area contributed by atoms with Crippen LogP contribution in [-0.2, 0) is 14.8 Å². The molecule has 0 fully saturated rings. The van der Waals surface area contributed by atoms with E-state index >= 15 is 0 Å². The first-order chi connectivity index (χ1) is 8.69. The first kappa shape index (κ1) is 15.9. The van der Waals surface area contributed by atoms with Crippen molar-refractivity contribution in [3.05, 3.63) is 24.3 Å². The van der Waals surface area contributed by atoms with Gasteiger partial charge in [0.1, 0.15) is 0 Å². The maximum Gasteiger partial charge on any atom is 0.242 e. The van der Waals surface area contributed by atoms with Crippen LogP contribution in [0.1, 0.15) is 13.8 Å². The lowest BCUT2D eigenvalue weighted by Gasteiger charge is -2.23. The Morgan fingerprint density at radius 2 is 1.74 bits per heavy atom. The van der Waals surface area contributed by atoms with Crippen molar-refractivity contribution in [2.24, 2.45) is 0 Å². The lowest BCUT2D eigenvalue weighted by molar-refractivity contribution is 0.0344. The minimum atomic E-state index is -3.36. The highest BCUT2D eigenvalue weighted by Crippen LogP contribution is 2.17. The number of sulfonamides is 1. The molecule has 0 saturated heterocycles. The average molecular weight is 286 g/mol. The van der Waals surface area contributed by atoms with Gasteiger partial charge in [-0.3, -0.25) is 0 Å². The Bertz CT molecular complexity index is 507. The summed E-state index contributed by atoms with van der Waals surface area (Å²) >= 11 is 0. The lowest BCUT2D eigenvalue weighted by Crippen LogP contribution is -2.32. The van der Waals surface area contributed by atoms with Gasteiger partial charge in [0.25, 0.3) is 0 Å². The number of ether oxygens (including phenoxy) is 1. The van der Waals surface area contributed by atoms with E-state index in [4.69, 9.17) is 4.74 Å². The summed E-state index contributed by atoms with van der Waals surface area (Å²) in [5, 5.41) is 3.21. The molecule has 0 spiro atoms. The Morgan fingerprint density at radius 3 is 2.16 bits per heavy atom. The molecule has 1 rings (SSSR count). The summed E-state index contributed by atoms with van der Waals surface area (Å²) in [4.78, 5) is 0.286. The lowest BCUT2D eigenvalue weighted by atomic mass is 10.1. The Hall–Kier alpha value is -1.11. The molecule has 1 aromatic rings. The van der Waals surface area contributed by atoms with Crippen LogP contribution in [-0.4, -0.2) is 46.1 Å². The predicted octanol–water partition coefficient (Wildman–Crippen LogP) is 1.77. The van der Waals surface area contributed by atoms with Crippen molar-refractivity contribution < 1.29 is 13.2 Å². The second-order valence-electron chi connectivity index (χ2n) is 5.13. The van der Waals surface area contributed by atoms with Crippen LogP contribution in [0.5, 0.6) is 0 Å². The molecule has 1 aromatic carbocycles. The highest BCUT2D eigenvalue weighted by molar-refractivity contribution is 7.89. The molecule has 5 nitrogen and oxygen atoms in total. The summed E-state index contributed by atoms with van der Waals surface area (Å²) in [5.41, 5.74) is 0.594. The standard InChI is InChI=1S/C13H22N2O3S/c1-13(2,18-5)10-14-11-6-8-12(9-7-11)19(16,17)15(3)4/h6-9,14H,10H2,1-5H3. The van der Waals surface area contributed by atoms with Crippen molar-refractivity contribution in [1.29, 1.82) is 0 Å². The van der Waals surface area contributed by atoms with Gasteiger partial charge in [-0.1, -0.05) is 0 Å². The Kier molecular flexibility index (Phi) is 4.95. The van der Waals surface area contributed by atoms with Gasteiger partial charge in [-0.15, -0.1) is 0 Å². The molecule has 19 heavy (non-hydrogen) atoms. The van der Waals surface area contributed by atoms with Crippen LogP contribution in [0, 0.1) is 0 Å². The number of rotatable bonds is 6. The molecule has 0 amide bonds. The van der Waals surface area contributed by atoms with E-state index < -0.39 is 10.0 Å². The largest absolute Gasteiger partial charge is 0.382 e. The molecule has 1 N–H and O–H groups in total. The molecule has 0 unspecified atom stereocenters. The van der Waals surface area contributed by atoms with Gasteiger partial charge in [0.15, 0.2) is 0 Å². The van der Waals surface area contributed by atoms with Gasteiger partial charge in [-0.25, -0.2) is 12.7 Å². The summed E-state index contributed by atoms with van der Waals surface area (Å²) in [5.74, 6) is 0. The quantitative estimate of drug-likeness (QED) is 0.866. The number of nitrogens with one attached hydrogen (secondary N) is 1. The van der Waals surface area contributed by atoms with Gasteiger partial charge >= 0.3 is 0 Å². The minimum absolute atomic E-state index is 0.269. The second kappa shape index (κ2) is 5.90. The molecule has 6 heteroatoms. The fourth-order valence-electron chi connectivity index (χ4n) is 1.34. The van der Waals surface area contributed by atoms with E-state index in [0.29, 0.717) is 6.54 Å². The topological polar surface area (TPSA) is 58.6 Å². The normalized spacial score (nSPS) is 12.7. The second-order valence-corrected chi connectivity index (χ2v) is 7.28. The number of methoxy groups -OCH3 is 1. The highest BCUT2D eigenvalue weighted by atomic mass is 32.2. The van der Waals surface area contributed by atoms with E-state index in [0.717, 1.165) is 5.69 Å². The van der Waals surface area contributed by atoms with Gasteiger partial charge in [0.2, 0.25) is 10.0 Å². The molecule has 108 valence electrons. The summed E-state index contributed by atoms with van der Waals surface area (Å²) in [6.45, 7) is 4.60. The predicted molar refractivity (Wildman–Crippen MR) is 76.9 cm³/mol. The van der Waals surface area contributed by atoms with Crippen molar-refractivity contribution in [2.75, 3.05) is 33.1 Å². The summed E-state index contributed by atoms with van der Waals surface area (Å²) in [6.07, 6.45) is 0. The van der Waals surface area contributed by atoms with E-state index in [1.54, 1.807) is 31.4 Å². The van der Waals surface area contributed by atoms with Crippen molar-refractivity contribution in [3.63, 3.8) is 0 Å². The zero-order valence-corrected chi connectivity index (χ0v) is 12.9. The molecule has 0 heterocycles. The van der Waals surface area contributed by atoms with Crippen LogP contribution in [0.15, 0.2) is 29.2 Å². The molecule has 0 saturated carbocycles. The van der Waals surface area contributed by atoms with Gasteiger partial charge in [0.05, 0.1) is 10.5 Å². The zero-order chi connectivity index (χ0) is 14.7. The third kappa shape index (κ3) is 4.19. The number of benzene rings is 1. The fraction of sp³-hybridized carbons (Fsp3) is 0.538. The number of nitrogens with zero attached hydrogens (tertiary/aromatic N) is 1. The van der Waals surface area contributed by atoms with Crippen LogP contribution >= 0.6 is 0 Å². The average Bonchev–Trinajstić information content (AvgIpc) is 2.37. The molecule has 0 aliphatic rings. The van der Waals surface area contributed by atoms with Crippen LogP contribution < -0.4 is 5.32 Å². The van der Waals surface area contributed by atoms with Gasteiger partial charge in [-0.2, -0.15) is 0 Å². The van der Waals surface area contributed by atoms with Crippen molar-refractivity contribution in [1.82, 2.24) is 4.31 Å². The van der Waals surface area contributed by atoms with Crippen LogP contribution in [0.25, 0.3) is 0 Å². The van der Waals surface area contributed by atoms with Gasteiger partial charge in [-0.05, 0) is 38.1 Å². The Morgan fingerprint density at radius 1 is 1.21 bits per heavy atom. The Balaban J connectivity index is 2.78. The molecule has 0 aliphatic carbocycles. The molecule has 0 aliphatic heterocycles. The summed E-state index contributed by atoms with van der Waals surface area (Å²) in [6, 6.07) is 6.69. The minimum Gasteiger partial charge on any atom is -0.382 e. The van der Waals surface area contributed by atoms with E-state index in [9.17, 15) is 8.42 Å². The molecule has 0 aromatic heterocycles. The van der Waals surface area contributed by atoms with Crippen molar-refractivity contribution >= 4 is 15.7 Å². The van der Waals surface area contributed by atoms with Crippen molar-refractivity contribution in [2.45, 2.75) is 24.3 Å². The molecule has 0 atom stereocenters. The first-order valence-corrected chi connectivity index (χ1v) is 7.45. The van der Waals surface area contributed by atoms with E-state index in [1.807, 2.05) is 13.8 Å². The van der Waals surface area contributed by atoms with E-state index in [1.165, 1.54) is 18.4 Å². The number of hydrogen-bond acceptors (Lipinski definition) is 4. The van der Waals surface area contributed by atoms with Crippen LogP contribution in [0.3, 0.4) is 0 Å². The van der Waals surface area contributed by atoms with Gasteiger partial charge in [0, 0.05) is 33.4 Å². The van der Waals surface area contributed by atoms with E-state index in [-0.39, 0.29) is 10.5 Å². The fourth-order valence-corrected chi connectivity index (χ4v) is 2.24. The SMILES string of the molecule is COC(C)(C)CNc1ccc(S(=O)(=O)N(C)C)cc1. The molecular formula is C13H22N2O3S. The van der Waals surface area contributed by atoms with Crippen molar-refractivity contribution in [3.8, 4) is 0 Å². The number of hydrogen-bond donors (Lipinski definition) is 1. The highest BCUT2D eigenvalue weighted by Gasteiger charge is 2.18. The summed E-state index contributed by atoms with van der Waals surface area (Å²) in [7, 11) is 1.33. The maximum absolute atomic E-state index is 11.9.